The molecule has 0 saturated carbocycles. The van der Waals surface area contributed by atoms with E-state index in [1.807, 2.05) is 22.7 Å². The molecule has 12 aromatic rings. The number of ether oxygens (including phenoxy) is 3. The summed E-state index contributed by atoms with van der Waals surface area (Å²) < 4.78 is 26.5. The van der Waals surface area contributed by atoms with Crippen molar-refractivity contribution in [3.05, 3.63) is 218 Å². The summed E-state index contributed by atoms with van der Waals surface area (Å²) in [5.41, 5.74) is 18.5. The lowest BCUT2D eigenvalue weighted by molar-refractivity contribution is 0.465. The molecule has 11 heteroatoms. The molecule has 10 aromatic carbocycles. The Bertz CT molecular complexity index is 4460. The van der Waals surface area contributed by atoms with Crippen molar-refractivity contribution in [1.29, 1.82) is 0 Å². The first-order chi connectivity index (χ1) is 37.2. The zero-order valence-electron chi connectivity index (χ0n) is 39.9. The second-order valence-corrected chi connectivity index (χ2v) is 22.4. The molecular formula is C64H36B3N3O3S2. The van der Waals surface area contributed by atoms with E-state index >= 15 is 0 Å². The number of hydrogen-bond acceptors (Lipinski definition) is 8. The second kappa shape index (κ2) is 14.9. The van der Waals surface area contributed by atoms with Crippen molar-refractivity contribution >= 4 is 162 Å². The number of thiophene rings is 2. The van der Waals surface area contributed by atoms with E-state index in [0.717, 1.165) is 90.4 Å². The van der Waals surface area contributed by atoms with Crippen molar-refractivity contribution in [2.75, 3.05) is 14.7 Å². The molecule has 6 nitrogen and oxygen atoms in total. The summed E-state index contributed by atoms with van der Waals surface area (Å²) in [6.45, 7) is -0.338. The fourth-order valence-corrected chi connectivity index (χ4v) is 16.0. The van der Waals surface area contributed by atoms with Gasteiger partial charge >= 0.3 is 0 Å². The number of rotatable bonds is 3. The van der Waals surface area contributed by atoms with Gasteiger partial charge in [-0.2, -0.15) is 0 Å². The normalized spacial score (nSPS) is 14.3. The summed E-state index contributed by atoms with van der Waals surface area (Å²) in [4.78, 5) is 7.39. The van der Waals surface area contributed by atoms with Crippen LogP contribution in [-0.4, -0.2) is 20.1 Å². The Morgan fingerprint density at radius 1 is 0.307 bits per heavy atom. The summed E-state index contributed by atoms with van der Waals surface area (Å²) >= 11 is 3.76. The van der Waals surface area contributed by atoms with E-state index in [4.69, 9.17) is 14.2 Å². The predicted octanol–water partition coefficient (Wildman–Crippen LogP) is 11.3. The van der Waals surface area contributed by atoms with Gasteiger partial charge in [-0.15, -0.1) is 22.7 Å². The maximum atomic E-state index is 7.22. The summed E-state index contributed by atoms with van der Waals surface area (Å²) in [6.07, 6.45) is 0. The van der Waals surface area contributed by atoms with E-state index in [-0.39, 0.29) is 20.1 Å². The van der Waals surface area contributed by atoms with Crippen molar-refractivity contribution in [2.24, 2.45) is 0 Å². The Kier molecular flexibility index (Phi) is 8.05. The van der Waals surface area contributed by atoms with Gasteiger partial charge in [-0.25, -0.2) is 0 Å². The highest BCUT2D eigenvalue weighted by atomic mass is 32.1. The molecule has 2 aromatic heterocycles. The first kappa shape index (κ1) is 40.6. The van der Waals surface area contributed by atoms with Crippen LogP contribution in [-0.2, 0) is 0 Å². The van der Waals surface area contributed by atoms with Crippen LogP contribution in [0.25, 0.3) is 20.2 Å². The van der Waals surface area contributed by atoms with Gasteiger partial charge in [0.1, 0.15) is 34.5 Å². The number of benzene rings is 10. The third kappa shape index (κ3) is 5.40. The maximum Gasteiger partial charge on any atom is 0.268 e. The molecule has 0 spiro atoms. The molecule has 0 aliphatic carbocycles. The van der Waals surface area contributed by atoms with Crippen LogP contribution in [0.1, 0.15) is 0 Å². The van der Waals surface area contributed by atoms with Gasteiger partial charge in [-0.05, 0) is 124 Å². The highest BCUT2D eigenvalue weighted by Crippen LogP contribution is 2.50. The molecule has 0 radical (unpaired) electrons. The average Bonchev–Trinajstić information content (AvgIpc) is 4.24. The summed E-state index contributed by atoms with van der Waals surface area (Å²) in [5.74, 6) is 5.18. The minimum Gasteiger partial charge on any atom is -0.458 e. The van der Waals surface area contributed by atoms with Crippen LogP contribution < -0.4 is 76.7 Å². The van der Waals surface area contributed by atoms with Gasteiger partial charge < -0.3 is 28.9 Å². The van der Waals surface area contributed by atoms with Gasteiger partial charge in [0.15, 0.2) is 0 Å². The molecule has 0 amide bonds. The van der Waals surface area contributed by atoms with Gasteiger partial charge in [-0.3, -0.25) is 0 Å². The molecule has 0 unspecified atom stereocenters. The fraction of sp³-hybridized carbons (Fsp3) is 0. The number of anilines is 9. The van der Waals surface area contributed by atoms with E-state index < -0.39 is 0 Å². The smallest absolute Gasteiger partial charge is 0.268 e. The third-order valence-electron chi connectivity index (χ3n) is 16.4. The monoisotopic (exact) mass is 991 g/mol. The Morgan fingerprint density at radius 3 is 1.37 bits per heavy atom. The maximum absolute atomic E-state index is 7.22. The lowest BCUT2D eigenvalue weighted by Crippen LogP contribution is -2.64. The highest BCUT2D eigenvalue weighted by molar-refractivity contribution is 7.34. The molecule has 6 aliphatic heterocycles. The zero-order chi connectivity index (χ0) is 48.6. The lowest BCUT2D eigenvalue weighted by Gasteiger charge is -2.44. The summed E-state index contributed by atoms with van der Waals surface area (Å²) in [7, 11) is 0. The Morgan fingerprint density at radius 2 is 0.760 bits per heavy atom. The third-order valence-corrected chi connectivity index (χ3v) is 18.8. The molecule has 0 fully saturated rings. The van der Waals surface area contributed by atoms with Crippen LogP contribution in [0.15, 0.2) is 218 Å². The molecule has 75 heavy (non-hydrogen) atoms. The number of hydrogen-bond donors (Lipinski definition) is 0. The van der Waals surface area contributed by atoms with Crippen LogP contribution in [0.3, 0.4) is 0 Å². The first-order valence-electron chi connectivity index (χ1n) is 25.6. The Balaban J connectivity index is 0.911. The number of nitrogens with zero attached hydrogens (tertiary/aromatic N) is 3. The van der Waals surface area contributed by atoms with Gasteiger partial charge in [0.2, 0.25) is 0 Å². The molecule has 0 saturated heterocycles. The van der Waals surface area contributed by atoms with Crippen molar-refractivity contribution < 1.29 is 14.2 Å². The van der Waals surface area contributed by atoms with Crippen molar-refractivity contribution in [1.82, 2.24) is 0 Å². The topological polar surface area (TPSA) is 37.4 Å². The highest BCUT2D eigenvalue weighted by Gasteiger charge is 2.50. The van der Waals surface area contributed by atoms with Crippen molar-refractivity contribution in [3.8, 4) is 34.5 Å². The molecule has 346 valence electrons. The van der Waals surface area contributed by atoms with Crippen LogP contribution >= 0.6 is 22.7 Å². The Labute approximate surface area is 441 Å². The zero-order valence-corrected chi connectivity index (χ0v) is 41.5. The second-order valence-electron chi connectivity index (χ2n) is 20.2. The number of para-hydroxylation sites is 3. The molecule has 6 aliphatic rings. The molecule has 0 N–H and O–H groups in total. The van der Waals surface area contributed by atoms with Crippen LogP contribution in [0.2, 0.25) is 0 Å². The van der Waals surface area contributed by atoms with Crippen LogP contribution in [0.4, 0.5) is 51.2 Å². The largest absolute Gasteiger partial charge is 0.458 e. The van der Waals surface area contributed by atoms with E-state index in [2.05, 4.69) is 233 Å². The first-order valence-corrected chi connectivity index (χ1v) is 27.2. The quantitative estimate of drug-likeness (QED) is 0.164. The van der Waals surface area contributed by atoms with Crippen LogP contribution in [0.5, 0.6) is 34.5 Å². The minimum atomic E-state index is -0.198. The predicted molar refractivity (Wildman–Crippen MR) is 315 cm³/mol. The van der Waals surface area contributed by atoms with Gasteiger partial charge in [0.05, 0.1) is 5.69 Å². The van der Waals surface area contributed by atoms with E-state index in [0.29, 0.717) is 0 Å². The van der Waals surface area contributed by atoms with Gasteiger partial charge in [-0.1, -0.05) is 115 Å². The lowest BCUT2D eigenvalue weighted by atomic mass is 9.31. The van der Waals surface area contributed by atoms with E-state index in [1.54, 1.807) is 0 Å². The SMILES string of the molecule is c1ccc(N2c3cc4c(cc3B3c5sc6ccccc6c5Oc5cccc2c53)B2c3cc5c(cc3Oc3cccc(c32)O4)N(c2ccccc2)c2cccc3c2B5c2sc4ccccc4c2N3c2ccccc2)cc1. The fourth-order valence-electron chi connectivity index (χ4n) is 13.4. The molecule has 0 atom stereocenters. The van der Waals surface area contributed by atoms with Gasteiger partial charge in [0, 0.05) is 92.8 Å². The molecule has 0 bridgehead atoms. The standard InChI is InChI=1S/C64H36B3N3O3S2/c1-4-17-37(18-5-1)68-46-25-14-26-47-58(46)66(63-61(40-23-10-12-31-56(40)74-63)70(47)39-21-8-3-9-22-39)42-33-44-54(35-49(42)68)71-52-29-16-30-53-60(52)65(44)45-34-43-50(36-55(45)72-53)69(38-19-6-2-7-20-38)48-27-15-28-51-59(48)67(43)64-62(73-51)41-24-11-13-32-57(41)75-64/h1-36H. The summed E-state index contributed by atoms with van der Waals surface area (Å²) in [5, 5.41) is 2.41. The van der Waals surface area contributed by atoms with E-state index in [1.165, 1.54) is 63.3 Å². The van der Waals surface area contributed by atoms with Crippen molar-refractivity contribution in [3.63, 3.8) is 0 Å². The molecular weight excluding hydrogens is 955 g/mol. The average molecular weight is 992 g/mol. The van der Waals surface area contributed by atoms with Gasteiger partial charge in [0.25, 0.3) is 20.1 Å². The van der Waals surface area contributed by atoms with E-state index in [9.17, 15) is 0 Å². The summed E-state index contributed by atoms with van der Waals surface area (Å²) in [6, 6.07) is 79.4. The molecule has 8 heterocycles. The number of fused-ring (bicyclic) bond motifs is 16. The molecule has 18 rings (SSSR count). The Hall–Kier alpha value is -8.89. The van der Waals surface area contributed by atoms with Crippen LogP contribution in [0, 0.1) is 0 Å². The van der Waals surface area contributed by atoms with Crippen molar-refractivity contribution in [2.45, 2.75) is 0 Å². The minimum absolute atomic E-state index is 0.0636.